The molecule has 2 bridgehead atoms. The van der Waals surface area contributed by atoms with Gasteiger partial charge in [0, 0.05) is 23.1 Å². The van der Waals surface area contributed by atoms with Crippen molar-refractivity contribution in [2.24, 2.45) is 17.8 Å². The van der Waals surface area contributed by atoms with E-state index in [-0.39, 0.29) is 17.6 Å². The lowest BCUT2D eigenvalue weighted by atomic mass is 9.88. The van der Waals surface area contributed by atoms with Gasteiger partial charge in [0.2, 0.25) is 5.91 Å². The van der Waals surface area contributed by atoms with Crippen molar-refractivity contribution >= 4 is 28.0 Å². The second-order valence-corrected chi connectivity index (χ2v) is 8.02. The quantitative estimate of drug-likeness (QED) is 0.748. The molecule has 128 valence electrons. The number of thiazole rings is 1. The molecule has 2 heterocycles. The number of anilines is 1. The average Bonchev–Trinajstić information content (AvgIpc) is 3.37. The van der Waals surface area contributed by atoms with Crippen LogP contribution in [0.3, 0.4) is 0 Å². The number of benzene rings is 1. The molecule has 3 unspecified atom stereocenters. The maximum Gasteiger partial charge on any atom is 0.228 e. The Hall–Kier alpha value is -2.21. The molecule has 2 aliphatic carbocycles. The Morgan fingerprint density at radius 2 is 2.08 bits per heavy atom. The summed E-state index contributed by atoms with van der Waals surface area (Å²) in [7, 11) is 0. The third-order valence-corrected chi connectivity index (χ3v) is 6.45. The monoisotopic (exact) mass is 355 g/mol. The minimum atomic E-state index is -0.280. The van der Waals surface area contributed by atoms with Gasteiger partial charge in [0.15, 0.2) is 4.96 Å². The Morgan fingerprint density at radius 3 is 2.80 bits per heavy atom. The zero-order valence-corrected chi connectivity index (χ0v) is 14.4. The summed E-state index contributed by atoms with van der Waals surface area (Å²) >= 11 is 1.52. The number of rotatable bonds is 3. The molecule has 4 nitrogen and oxygen atoms in total. The summed E-state index contributed by atoms with van der Waals surface area (Å²) in [6.45, 7) is 0. The first-order valence-electron chi connectivity index (χ1n) is 8.71. The number of amides is 1. The van der Waals surface area contributed by atoms with E-state index >= 15 is 0 Å². The van der Waals surface area contributed by atoms with Gasteiger partial charge in [0.25, 0.3) is 0 Å². The van der Waals surface area contributed by atoms with Gasteiger partial charge in [-0.25, -0.2) is 9.37 Å². The standard InChI is InChI=1S/C19H18FN3OS/c20-14-5-3-12(4-6-14)16-17(23-7-8-25-19(23)21-16)22-18(24)15-10-11-1-2-13(15)9-11/h3-8,11,13,15H,1-2,9-10H2,(H,22,24). The van der Waals surface area contributed by atoms with Crippen LogP contribution in [0.15, 0.2) is 35.8 Å². The van der Waals surface area contributed by atoms with Gasteiger partial charge in [-0.3, -0.25) is 9.20 Å². The van der Waals surface area contributed by atoms with Crippen LogP contribution in [0.2, 0.25) is 0 Å². The first-order chi connectivity index (χ1) is 12.2. The Kier molecular flexibility index (Phi) is 3.41. The van der Waals surface area contributed by atoms with E-state index in [1.54, 1.807) is 12.1 Å². The van der Waals surface area contributed by atoms with E-state index in [9.17, 15) is 9.18 Å². The van der Waals surface area contributed by atoms with E-state index < -0.39 is 0 Å². The van der Waals surface area contributed by atoms with Crippen LogP contribution in [-0.2, 0) is 4.79 Å². The minimum Gasteiger partial charge on any atom is -0.310 e. The molecule has 1 aromatic carbocycles. The summed E-state index contributed by atoms with van der Waals surface area (Å²) in [5, 5.41) is 5.08. The van der Waals surface area contributed by atoms with Gasteiger partial charge in [-0.1, -0.05) is 6.42 Å². The number of hydrogen-bond donors (Lipinski definition) is 1. The second kappa shape index (κ2) is 5.66. The highest BCUT2D eigenvalue weighted by Crippen LogP contribution is 2.48. The largest absolute Gasteiger partial charge is 0.310 e. The van der Waals surface area contributed by atoms with Crippen molar-refractivity contribution in [3.63, 3.8) is 0 Å². The lowest BCUT2D eigenvalue weighted by Crippen LogP contribution is -2.27. The molecule has 1 N–H and O–H groups in total. The molecular formula is C19H18FN3OS. The normalized spacial score (nSPS) is 24.9. The van der Waals surface area contributed by atoms with Gasteiger partial charge < -0.3 is 5.32 Å². The minimum absolute atomic E-state index is 0.101. The van der Waals surface area contributed by atoms with E-state index in [0.29, 0.717) is 17.4 Å². The van der Waals surface area contributed by atoms with Gasteiger partial charge >= 0.3 is 0 Å². The van der Waals surface area contributed by atoms with E-state index in [0.717, 1.165) is 22.9 Å². The molecule has 2 saturated carbocycles. The number of halogens is 1. The van der Waals surface area contributed by atoms with Crippen molar-refractivity contribution in [1.29, 1.82) is 0 Å². The fraction of sp³-hybridized carbons (Fsp3) is 0.368. The average molecular weight is 355 g/mol. The van der Waals surface area contributed by atoms with Gasteiger partial charge in [0.1, 0.15) is 17.3 Å². The fourth-order valence-corrected chi connectivity index (χ4v) is 5.20. The van der Waals surface area contributed by atoms with Crippen LogP contribution in [0.4, 0.5) is 10.2 Å². The number of carbonyl (C=O) groups is 1. The van der Waals surface area contributed by atoms with Crippen molar-refractivity contribution in [2.45, 2.75) is 25.7 Å². The van der Waals surface area contributed by atoms with Crippen LogP contribution >= 0.6 is 11.3 Å². The number of carbonyl (C=O) groups excluding carboxylic acids is 1. The number of aromatic nitrogens is 2. The molecule has 2 aliphatic rings. The molecule has 0 aliphatic heterocycles. The van der Waals surface area contributed by atoms with Crippen molar-refractivity contribution in [3.05, 3.63) is 41.7 Å². The van der Waals surface area contributed by atoms with Crippen LogP contribution in [-0.4, -0.2) is 15.3 Å². The molecule has 6 heteroatoms. The predicted molar refractivity (Wildman–Crippen MR) is 96.0 cm³/mol. The smallest absolute Gasteiger partial charge is 0.228 e. The third kappa shape index (κ3) is 2.47. The van der Waals surface area contributed by atoms with Crippen LogP contribution in [0.25, 0.3) is 16.2 Å². The summed E-state index contributed by atoms with van der Waals surface area (Å²) in [4.78, 5) is 18.4. The van der Waals surface area contributed by atoms with Crippen LogP contribution in [0, 0.1) is 23.6 Å². The highest BCUT2D eigenvalue weighted by Gasteiger charge is 2.43. The number of fused-ring (bicyclic) bond motifs is 3. The Labute approximate surface area is 148 Å². The lowest BCUT2D eigenvalue weighted by Gasteiger charge is -2.20. The summed E-state index contributed by atoms with van der Waals surface area (Å²) in [5.74, 6) is 1.88. The molecule has 0 radical (unpaired) electrons. The molecule has 3 aromatic rings. The number of nitrogens with zero attached hydrogens (tertiary/aromatic N) is 2. The highest BCUT2D eigenvalue weighted by molar-refractivity contribution is 7.15. The van der Waals surface area contributed by atoms with Crippen LogP contribution in [0.1, 0.15) is 25.7 Å². The van der Waals surface area contributed by atoms with Crippen molar-refractivity contribution < 1.29 is 9.18 Å². The van der Waals surface area contributed by atoms with Crippen LogP contribution in [0.5, 0.6) is 0 Å². The topological polar surface area (TPSA) is 46.4 Å². The van der Waals surface area contributed by atoms with E-state index in [4.69, 9.17) is 0 Å². The maximum absolute atomic E-state index is 13.3. The van der Waals surface area contributed by atoms with Crippen molar-refractivity contribution in [1.82, 2.24) is 9.38 Å². The summed E-state index contributed by atoms with van der Waals surface area (Å²) in [6.07, 6.45) is 6.57. The Bertz CT molecular complexity index is 945. The van der Waals surface area contributed by atoms with Gasteiger partial charge in [0.05, 0.1) is 0 Å². The number of nitrogens with one attached hydrogen (secondary N) is 1. The molecule has 5 rings (SSSR count). The molecule has 0 saturated heterocycles. The first-order valence-corrected chi connectivity index (χ1v) is 9.59. The fourth-order valence-electron chi connectivity index (χ4n) is 4.49. The van der Waals surface area contributed by atoms with E-state index in [1.165, 1.54) is 42.7 Å². The van der Waals surface area contributed by atoms with Crippen molar-refractivity contribution in [3.8, 4) is 11.3 Å². The number of imidazole rings is 1. The molecule has 25 heavy (non-hydrogen) atoms. The van der Waals surface area contributed by atoms with E-state index in [1.807, 2.05) is 16.0 Å². The predicted octanol–water partition coefficient (Wildman–Crippen LogP) is 4.58. The molecule has 3 atom stereocenters. The summed E-state index contributed by atoms with van der Waals surface area (Å²) in [6, 6.07) is 6.25. The zero-order chi connectivity index (χ0) is 17.0. The highest BCUT2D eigenvalue weighted by atomic mass is 32.1. The first kappa shape index (κ1) is 15.1. The zero-order valence-electron chi connectivity index (χ0n) is 13.6. The lowest BCUT2D eigenvalue weighted by molar-refractivity contribution is -0.121. The maximum atomic E-state index is 13.3. The summed E-state index contributed by atoms with van der Waals surface area (Å²) in [5.41, 5.74) is 1.50. The molecule has 2 fully saturated rings. The van der Waals surface area contributed by atoms with Gasteiger partial charge in [-0.05, 0) is 55.4 Å². The summed E-state index contributed by atoms with van der Waals surface area (Å²) < 4.78 is 15.2. The Morgan fingerprint density at radius 1 is 1.24 bits per heavy atom. The molecule has 1 amide bonds. The molecule has 2 aromatic heterocycles. The van der Waals surface area contributed by atoms with Gasteiger partial charge in [-0.15, -0.1) is 11.3 Å². The Balaban J connectivity index is 1.51. The van der Waals surface area contributed by atoms with Crippen LogP contribution < -0.4 is 5.32 Å². The molecule has 0 spiro atoms. The van der Waals surface area contributed by atoms with Crippen molar-refractivity contribution in [2.75, 3.05) is 5.32 Å². The third-order valence-electron chi connectivity index (χ3n) is 5.70. The van der Waals surface area contributed by atoms with E-state index in [2.05, 4.69) is 10.3 Å². The molecular weight excluding hydrogens is 337 g/mol. The second-order valence-electron chi connectivity index (χ2n) is 7.14. The van der Waals surface area contributed by atoms with Gasteiger partial charge in [-0.2, -0.15) is 0 Å². The SMILES string of the molecule is O=C(Nc1c(-c2ccc(F)cc2)nc2sccn12)C1CC2CCC1C2. The number of hydrogen-bond acceptors (Lipinski definition) is 3.